The van der Waals surface area contributed by atoms with Crippen LogP contribution in [-0.2, 0) is 6.42 Å². The minimum absolute atomic E-state index is 0.0256. The van der Waals surface area contributed by atoms with Gasteiger partial charge in [0.25, 0.3) is 0 Å². The Hall–Kier alpha value is -1.59. The number of carboxylic acid groups (broad SMARTS) is 1. The molecule has 0 aliphatic heterocycles. The third-order valence-electron chi connectivity index (χ3n) is 2.31. The smallest absolute Gasteiger partial charge is 0.404 e. The van der Waals surface area contributed by atoms with Gasteiger partial charge in [0.15, 0.2) is 0 Å². The van der Waals surface area contributed by atoms with Gasteiger partial charge in [-0.15, -0.1) is 0 Å². The van der Waals surface area contributed by atoms with Crippen molar-refractivity contribution < 1.29 is 15.0 Å². The van der Waals surface area contributed by atoms with E-state index < -0.39 is 18.2 Å². The fourth-order valence-electron chi connectivity index (χ4n) is 1.47. The van der Waals surface area contributed by atoms with Gasteiger partial charge in [-0.1, -0.05) is 30.3 Å². The maximum Gasteiger partial charge on any atom is 0.404 e. The molecule has 0 spiro atoms. The van der Waals surface area contributed by atoms with E-state index in [-0.39, 0.29) is 6.54 Å². The van der Waals surface area contributed by atoms with Crippen LogP contribution in [0.5, 0.6) is 0 Å². The zero-order chi connectivity index (χ0) is 12.0. The molecule has 5 heteroatoms. The van der Waals surface area contributed by atoms with Crippen LogP contribution >= 0.6 is 0 Å². The van der Waals surface area contributed by atoms with Gasteiger partial charge < -0.3 is 21.3 Å². The van der Waals surface area contributed by atoms with Crippen molar-refractivity contribution in [2.75, 3.05) is 6.54 Å². The summed E-state index contributed by atoms with van der Waals surface area (Å²) in [7, 11) is 0. The van der Waals surface area contributed by atoms with Gasteiger partial charge in [-0.05, 0) is 12.0 Å². The van der Waals surface area contributed by atoms with E-state index >= 15 is 0 Å². The highest BCUT2D eigenvalue weighted by Gasteiger charge is 2.19. The fourth-order valence-corrected chi connectivity index (χ4v) is 1.47. The van der Waals surface area contributed by atoms with Crippen LogP contribution in [0, 0.1) is 0 Å². The van der Waals surface area contributed by atoms with E-state index in [4.69, 9.17) is 10.8 Å². The van der Waals surface area contributed by atoms with Gasteiger partial charge in [0.1, 0.15) is 0 Å². The molecule has 1 aromatic carbocycles. The topological polar surface area (TPSA) is 95.6 Å². The SMILES string of the molecule is NC[C@H](O)[C@H](Cc1ccccc1)NC(=O)O. The molecule has 0 fully saturated rings. The highest BCUT2D eigenvalue weighted by molar-refractivity contribution is 5.65. The quantitative estimate of drug-likeness (QED) is 0.574. The molecule has 0 unspecified atom stereocenters. The molecule has 5 nitrogen and oxygen atoms in total. The van der Waals surface area contributed by atoms with Crippen LogP contribution in [0.4, 0.5) is 4.79 Å². The summed E-state index contributed by atoms with van der Waals surface area (Å²) in [6.07, 6.45) is -1.62. The number of aliphatic hydroxyl groups excluding tert-OH is 1. The van der Waals surface area contributed by atoms with Crippen LogP contribution in [-0.4, -0.2) is 35.0 Å². The Morgan fingerprint density at radius 3 is 2.50 bits per heavy atom. The highest BCUT2D eigenvalue weighted by Crippen LogP contribution is 2.05. The van der Waals surface area contributed by atoms with Crippen molar-refractivity contribution in [1.82, 2.24) is 5.32 Å². The Kier molecular flexibility index (Phi) is 4.75. The molecule has 16 heavy (non-hydrogen) atoms. The summed E-state index contributed by atoms with van der Waals surface area (Å²) in [6, 6.07) is 8.77. The van der Waals surface area contributed by atoms with Gasteiger partial charge in [0, 0.05) is 6.54 Å². The average Bonchev–Trinajstić information content (AvgIpc) is 2.28. The summed E-state index contributed by atoms with van der Waals surface area (Å²) in [5, 5.41) is 20.5. The third kappa shape index (κ3) is 3.88. The largest absolute Gasteiger partial charge is 0.465 e. The lowest BCUT2D eigenvalue weighted by molar-refractivity contribution is 0.125. The molecule has 88 valence electrons. The molecular weight excluding hydrogens is 208 g/mol. The molecule has 0 aliphatic rings. The van der Waals surface area contributed by atoms with Crippen LogP contribution in [0.2, 0.25) is 0 Å². The normalized spacial score (nSPS) is 14.1. The third-order valence-corrected chi connectivity index (χ3v) is 2.31. The molecule has 0 radical (unpaired) electrons. The Morgan fingerprint density at radius 2 is 2.00 bits per heavy atom. The van der Waals surface area contributed by atoms with Crippen molar-refractivity contribution in [2.24, 2.45) is 5.73 Å². The van der Waals surface area contributed by atoms with E-state index in [1.54, 1.807) is 0 Å². The number of carbonyl (C=O) groups is 1. The van der Waals surface area contributed by atoms with Crippen molar-refractivity contribution in [3.63, 3.8) is 0 Å². The number of nitrogens with one attached hydrogen (secondary N) is 1. The van der Waals surface area contributed by atoms with Gasteiger partial charge in [-0.2, -0.15) is 0 Å². The molecule has 0 bridgehead atoms. The number of nitrogens with two attached hydrogens (primary N) is 1. The lowest BCUT2D eigenvalue weighted by Crippen LogP contribution is -2.47. The first-order valence-corrected chi connectivity index (χ1v) is 5.05. The molecule has 5 N–H and O–H groups in total. The number of benzene rings is 1. The van der Waals surface area contributed by atoms with Crippen molar-refractivity contribution in [1.29, 1.82) is 0 Å². The zero-order valence-electron chi connectivity index (χ0n) is 8.84. The Morgan fingerprint density at radius 1 is 1.38 bits per heavy atom. The minimum Gasteiger partial charge on any atom is -0.465 e. The molecular formula is C11H16N2O3. The molecule has 0 aromatic heterocycles. The summed E-state index contributed by atoms with van der Waals surface area (Å²) >= 11 is 0. The Balaban J connectivity index is 2.67. The molecule has 1 amide bonds. The number of rotatable bonds is 5. The summed E-state index contributed by atoms with van der Waals surface area (Å²) in [5.41, 5.74) is 6.27. The summed E-state index contributed by atoms with van der Waals surface area (Å²) in [6.45, 7) is 0.0256. The van der Waals surface area contributed by atoms with Crippen molar-refractivity contribution in [2.45, 2.75) is 18.6 Å². The first-order valence-electron chi connectivity index (χ1n) is 5.05. The van der Waals surface area contributed by atoms with Crippen LogP contribution in [0.3, 0.4) is 0 Å². The van der Waals surface area contributed by atoms with E-state index in [0.717, 1.165) is 5.56 Å². The molecule has 0 aliphatic carbocycles. The molecule has 0 saturated carbocycles. The van der Waals surface area contributed by atoms with Gasteiger partial charge in [0.05, 0.1) is 12.1 Å². The minimum atomic E-state index is -1.16. The Bertz CT molecular complexity index is 329. The first kappa shape index (κ1) is 12.5. The van der Waals surface area contributed by atoms with E-state index in [9.17, 15) is 9.90 Å². The second-order valence-electron chi connectivity index (χ2n) is 3.55. The second-order valence-corrected chi connectivity index (χ2v) is 3.55. The standard InChI is InChI=1S/C11H16N2O3/c12-7-10(14)9(13-11(15)16)6-8-4-2-1-3-5-8/h1-5,9-10,13-14H,6-7,12H2,(H,15,16)/t9-,10-/m0/s1. The zero-order valence-corrected chi connectivity index (χ0v) is 8.84. The van der Waals surface area contributed by atoms with Crippen LogP contribution < -0.4 is 11.1 Å². The van der Waals surface area contributed by atoms with Gasteiger partial charge in [0.2, 0.25) is 0 Å². The van der Waals surface area contributed by atoms with Gasteiger partial charge >= 0.3 is 6.09 Å². The highest BCUT2D eigenvalue weighted by atomic mass is 16.4. The molecule has 2 atom stereocenters. The molecule has 1 aromatic rings. The van der Waals surface area contributed by atoms with E-state index in [1.807, 2.05) is 30.3 Å². The number of hydrogen-bond donors (Lipinski definition) is 4. The molecule has 0 saturated heterocycles. The van der Waals surface area contributed by atoms with E-state index in [1.165, 1.54) is 0 Å². The van der Waals surface area contributed by atoms with Crippen LogP contribution in [0.15, 0.2) is 30.3 Å². The van der Waals surface area contributed by atoms with E-state index in [0.29, 0.717) is 6.42 Å². The van der Waals surface area contributed by atoms with Crippen LogP contribution in [0.1, 0.15) is 5.56 Å². The predicted molar refractivity (Wildman–Crippen MR) is 60.2 cm³/mol. The lowest BCUT2D eigenvalue weighted by atomic mass is 10.0. The average molecular weight is 224 g/mol. The maximum atomic E-state index is 10.6. The fraction of sp³-hybridized carbons (Fsp3) is 0.364. The monoisotopic (exact) mass is 224 g/mol. The molecule has 0 heterocycles. The van der Waals surface area contributed by atoms with Crippen molar-refractivity contribution in [3.8, 4) is 0 Å². The van der Waals surface area contributed by atoms with Gasteiger partial charge in [-0.3, -0.25) is 0 Å². The number of aliphatic hydroxyl groups is 1. The second kappa shape index (κ2) is 6.09. The molecule has 1 rings (SSSR count). The van der Waals surface area contributed by atoms with Crippen molar-refractivity contribution in [3.05, 3.63) is 35.9 Å². The first-order chi connectivity index (χ1) is 7.63. The van der Waals surface area contributed by atoms with Gasteiger partial charge in [-0.25, -0.2) is 4.79 Å². The summed E-state index contributed by atoms with van der Waals surface area (Å²) in [5.74, 6) is 0. The summed E-state index contributed by atoms with van der Waals surface area (Å²) in [4.78, 5) is 10.6. The Labute approximate surface area is 93.9 Å². The lowest BCUT2D eigenvalue weighted by Gasteiger charge is -2.21. The summed E-state index contributed by atoms with van der Waals surface area (Å²) < 4.78 is 0. The van der Waals surface area contributed by atoms with E-state index in [2.05, 4.69) is 5.32 Å². The van der Waals surface area contributed by atoms with Crippen molar-refractivity contribution >= 4 is 6.09 Å². The van der Waals surface area contributed by atoms with Crippen LogP contribution in [0.25, 0.3) is 0 Å². The maximum absolute atomic E-state index is 10.6. The number of amides is 1. The number of hydrogen-bond acceptors (Lipinski definition) is 3. The predicted octanol–water partition coefficient (Wildman–Crippen LogP) is 0.185.